The van der Waals surface area contributed by atoms with E-state index >= 15 is 0 Å². The van der Waals surface area contributed by atoms with Crippen LogP contribution in [0.4, 0.5) is 0 Å². The molecule has 1 aromatic carbocycles. The lowest BCUT2D eigenvalue weighted by Crippen LogP contribution is -2.43. The summed E-state index contributed by atoms with van der Waals surface area (Å²) in [6.07, 6.45) is 0. The first-order valence-corrected chi connectivity index (χ1v) is 7.02. The highest BCUT2D eigenvalue weighted by molar-refractivity contribution is 5.91. The van der Waals surface area contributed by atoms with Crippen LogP contribution in [0.15, 0.2) is 35.5 Å². The number of ether oxygens (including phenoxy) is 1. The van der Waals surface area contributed by atoms with Crippen molar-refractivity contribution in [3.8, 4) is 6.07 Å². The van der Waals surface area contributed by atoms with Crippen LogP contribution < -0.4 is 5.32 Å². The van der Waals surface area contributed by atoms with Gasteiger partial charge in [0.25, 0.3) is 0 Å². The summed E-state index contributed by atoms with van der Waals surface area (Å²) in [5.74, 6) is -0.954. The number of nitriles is 1. The van der Waals surface area contributed by atoms with Crippen LogP contribution in [-0.2, 0) is 9.53 Å². The summed E-state index contributed by atoms with van der Waals surface area (Å²) in [6.45, 7) is 5.83. The van der Waals surface area contributed by atoms with Crippen molar-refractivity contribution >= 4 is 5.97 Å². The van der Waals surface area contributed by atoms with Crippen LogP contribution in [0.3, 0.4) is 0 Å². The minimum atomic E-state index is -0.375. The summed E-state index contributed by atoms with van der Waals surface area (Å²) in [5.41, 5.74) is 3.42. The molecule has 0 aliphatic carbocycles. The van der Waals surface area contributed by atoms with Gasteiger partial charge in [-0.25, -0.2) is 4.79 Å². The maximum atomic E-state index is 12.2. The van der Waals surface area contributed by atoms with E-state index in [1.165, 1.54) is 7.11 Å². The first-order valence-electron chi connectivity index (χ1n) is 7.02. The van der Waals surface area contributed by atoms with Crippen molar-refractivity contribution in [1.29, 1.82) is 5.26 Å². The Morgan fingerprint density at radius 3 is 2.57 bits per heavy atom. The molecule has 4 nitrogen and oxygen atoms in total. The lowest BCUT2D eigenvalue weighted by molar-refractivity contribution is -0.136. The maximum absolute atomic E-state index is 12.2. The van der Waals surface area contributed by atoms with Gasteiger partial charge in [-0.15, -0.1) is 0 Å². The van der Waals surface area contributed by atoms with Crippen LogP contribution in [0.25, 0.3) is 0 Å². The number of carbonyl (C=O) groups is 1. The smallest absolute Gasteiger partial charge is 0.336 e. The molecule has 0 fully saturated rings. The Bertz CT molecular complexity index is 628. The second-order valence-electron chi connectivity index (χ2n) is 5.45. The van der Waals surface area contributed by atoms with Crippen molar-refractivity contribution in [2.75, 3.05) is 7.11 Å². The fourth-order valence-corrected chi connectivity index (χ4v) is 3.07. The fraction of sp³-hybridized carbons (Fsp3) is 0.412. The summed E-state index contributed by atoms with van der Waals surface area (Å²) in [4.78, 5) is 12.2. The van der Waals surface area contributed by atoms with Crippen LogP contribution in [0.2, 0.25) is 0 Å². The Labute approximate surface area is 125 Å². The summed E-state index contributed by atoms with van der Waals surface area (Å²) in [7, 11) is 1.37. The van der Waals surface area contributed by atoms with Crippen LogP contribution >= 0.6 is 0 Å². The predicted octanol–water partition coefficient (Wildman–Crippen LogP) is 2.66. The highest BCUT2D eigenvalue weighted by atomic mass is 16.5. The standard InChI is InChI=1S/C17H20N2O2/c1-10-7-5-6-8-13(10)16-14(9-18)11(2)19-12(3)15(16)17(20)21-4/h5-8,11,14,16,19H,1-4H3. The van der Waals surface area contributed by atoms with E-state index in [9.17, 15) is 10.1 Å². The Kier molecular flexibility index (Phi) is 4.32. The molecule has 4 heteroatoms. The van der Waals surface area contributed by atoms with E-state index in [1.807, 2.05) is 45.0 Å². The van der Waals surface area contributed by atoms with Gasteiger partial charge < -0.3 is 10.1 Å². The molecule has 0 saturated carbocycles. The van der Waals surface area contributed by atoms with E-state index in [-0.39, 0.29) is 23.8 Å². The zero-order valence-corrected chi connectivity index (χ0v) is 12.8. The number of methoxy groups -OCH3 is 1. The van der Waals surface area contributed by atoms with Gasteiger partial charge in [0, 0.05) is 17.7 Å². The zero-order valence-electron chi connectivity index (χ0n) is 12.8. The van der Waals surface area contributed by atoms with Gasteiger partial charge >= 0.3 is 5.97 Å². The number of nitrogens with zero attached hydrogens (tertiary/aromatic N) is 1. The number of carbonyl (C=O) groups excluding carboxylic acids is 1. The second-order valence-corrected chi connectivity index (χ2v) is 5.45. The Hall–Kier alpha value is -2.28. The molecule has 0 spiro atoms. The highest BCUT2D eigenvalue weighted by Crippen LogP contribution is 2.40. The average molecular weight is 284 g/mol. The van der Waals surface area contributed by atoms with E-state index in [0.717, 1.165) is 16.8 Å². The van der Waals surface area contributed by atoms with Gasteiger partial charge in [-0.1, -0.05) is 24.3 Å². The summed E-state index contributed by atoms with van der Waals surface area (Å²) in [5, 5.41) is 12.8. The van der Waals surface area contributed by atoms with Gasteiger partial charge in [-0.3, -0.25) is 0 Å². The summed E-state index contributed by atoms with van der Waals surface area (Å²) >= 11 is 0. The number of hydrogen-bond acceptors (Lipinski definition) is 4. The van der Waals surface area contributed by atoms with E-state index in [1.54, 1.807) is 0 Å². The van der Waals surface area contributed by atoms with Crippen molar-refractivity contribution in [1.82, 2.24) is 5.32 Å². The maximum Gasteiger partial charge on any atom is 0.336 e. The topological polar surface area (TPSA) is 62.1 Å². The van der Waals surface area contributed by atoms with Crippen LogP contribution in [-0.4, -0.2) is 19.1 Å². The van der Waals surface area contributed by atoms with Gasteiger partial charge in [0.2, 0.25) is 0 Å². The minimum Gasteiger partial charge on any atom is -0.466 e. The minimum absolute atomic E-state index is 0.0204. The molecule has 2 rings (SSSR count). The summed E-state index contributed by atoms with van der Waals surface area (Å²) in [6, 6.07) is 10.2. The molecule has 21 heavy (non-hydrogen) atoms. The number of allylic oxidation sites excluding steroid dienone is 1. The van der Waals surface area contributed by atoms with Gasteiger partial charge in [-0.05, 0) is 31.9 Å². The van der Waals surface area contributed by atoms with Crippen molar-refractivity contribution in [3.05, 3.63) is 46.7 Å². The zero-order chi connectivity index (χ0) is 15.6. The molecule has 110 valence electrons. The van der Waals surface area contributed by atoms with Crippen molar-refractivity contribution < 1.29 is 9.53 Å². The Balaban J connectivity index is 2.65. The van der Waals surface area contributed by atoms with Crippen LogP contribution in [0.1, 0.15) is 30.9 Å². The Morgan fingerprint density at radius 1 is 1.33 bits per heavy atom. The monoisotopic (exact) mass is 284 g/mol. The van der Waals surface area contributed by atoms with Gasteiger partial charge in [0.1, 0.15) is 0 Å². The van der Waals surface area contributed by atoms with Crippen LogP contribution in [0, 0.1) is 24.2 Å². The molecular formula is C17H20N2O2. The van der Waals surface area contributed by atoms with Crippen molar-refractivity contribution in [2.24, 2.45) is 5.92 Å². The van der Waals surface area contributed by atoms with Gasteiger partial charge in [-0.2, -0.15) is 5.26 Å². The molecule has 1 aliphatic rings. The summed E-state index contributed by atoms with van der Waals surface area (Å²) < 4.78 is 4.93. The molecule has 1 heterocycles. The average Bonchev–Trinajstić information content (AvgIpc) is 2.46. The second kappa shape index (κ2) is 6.01. The molecule has 0 amide bonds. The largest absolute Gasteiger partial charge is 0.466 e. The van der Waals surface area contributed by atoms with Crippen molar-refractivity contribution in [2.45, 2.75) is 32.7 Å². The molecule has 1 aromatic rings. The molecule has 1 N–H and O–H groups in total. The Morgan fingerprint density at radius 2 is 2.00 bits per heavy atom. The molecule has 0 radical (unpaired) electrons. The molecule has 1 aliphatic heterocycles. The normalized spacial score (nSPS) is 25.0. The number of esters is 1. The van der Waals surface area contributed by atoms with Crippen molar-refractivity contribution in [3.63, 3.8) is 0 Å². The third-order valence-corrected chi connectivity index (χ3v) is 4.13. The molecular weight excluding hydrogens is 264 g/mol. The first-order chi connectivity index (χ1) is 10.0. The first kappa shape index (κ1) is 15.1. The lowest BCUT2D eigenvalue weighted by atomic mass is 9.73. The third-order valence-electron chi connectivity index (χ3n) is 4.13. The molecule has 0 aromatic heterocycles. The van der Waals surface area contributed by atoms with E-state index in [0.29, 0.717) is 5.57 Å². The molecule has 3 atom stereocenters. The number of benzene rings is 1. The fourth-order valence-electron chi connectivity index (χ4n) is 3.07. The lowest BCUT2D eigenvalue weighted by Gasteiger charge is -2.36. The number of aryl methyl sites for hydroxylation is 1. The predicted molar refractivity (Wildman–Crippen MR) is 80.3 cm³/mol. The molecule has 0 saturated heterocycles. The molecule has 3 unspecified atom stereocenters. The quantitative estimate of drug-likeness (QED) is 0.848. The number of nitrogens with one attached hydrogen (secondary N) is 1. The SMILES string of the molecule is COC(=O)C1=C(C)NC(C)C(C#N)C1c1ccccc1C. The van der Waals surface area contributed by atoms with Gasteiger partial charge in [0.05, 0.1) is 24.7 Å². The van der Waals surface area contributed by atoms with E-state index < -0.39 is 0 Å². The number of rotatable bonds is 2. The highest BCUT2D eigenvalue weighted by Gasteiger charge is 2.40. The van der Waals surface area contributed by atoms with Crippen LogP contribution in [0.5, 0.6) is 0 Å². The van der Waals surface area contributed by atoms with Gasteiger partial charge in [0.15, 0.2) is 0 Å². The van der Waals surface area contributed by atoms with E-state index in [4.69, 9.17) is 4.74 Å². The molecule has 0 bridgehead atoms. The van der Waals surface area contributed by atoms with E-state index in [2.05, 4.69) is 11.4 Å². The third kappa shape index (κ3) is 2.64. The number of hydrogen-bond donors (Lipinski definition) is 1.